The molecule has 2 amide bonds. The molecule has 2 fully saturated rings. The highest BCUT2D eigenvalue weighted by Gasteiger charge is 2.40. The molecule has 1 spiro atoms. The zero-order chi connectivity index (χ0) is 14.7. The Labute approximate surface area is 125 Å². The van der Waals surface area contributed by atoms with Crippen LogP contribution in [0, 0.1) is 12.3 Å². The van der Waals surface area contributed by atoms with Gasteiger partial charge in [0.25, 0.3) is 0 Å². The second-order valence-corrected chi connectivity index (χ2v) is 6.27. The van der Waals surface area contributed by atoms with Crippen LogP contribution in [-0.4, -0.2) is 42.2 Å². The van der Waals surface area contributed by atoms with E-state index in [0.717, 1.165) is 56.8 Å². The lowest BCUT2D eigenvalue weighted by Gasteiger charge is -2.33. The van der Waals surface area contributed by atoms with Crippen molar-refractivity contribution in [3.63, 3.8) is 0 Å². The highest BCUT2D eigenvalue weighted by molar-refractivity contribution is 5.74. The number of carbonyl (C=O) groups excluding carboxylic acids is 1. The summed E-state index contributed by atoms with van der Waals surface area (Å²) in [5.41, 5.74) is 2.37. The first-order valence-electron chi connectivity index (χ1n) is 7.69. The van der Waals surface area contributed by atoms with Crippen LogP contribution in [0.5, 0.6) is 0 Å². The monoisotopic (exact) mass is 289 g/mol. The Morgan fingerprint density at radius 3 is 3.00 bits per heavy atom. The van der Waals surface area contributed by atoms with Crippen molar-refractivity contribution in [1.29, 1.82) is 0 Å². The third-order valence-electron chi connectivity index (χ3n) is 4.67. The van der Waals surface area contributed by atoms with E-state index < -0.39 is 0 Å². The Morgan fingerprint density at radius 2 is 2.24 bits per heavy atom. The smallest absolute Gasteiger partial charge is 0.317 e. The van der Waals surface area contributed by atoms with E-state index in [-0.39, 0.29) is 6.03 Å². The van der Waals surface area contributed by atoms with Crippen LogP contribution in [0.2, 0.25) is 0 Å². The molecule has 21 heavy (non-hydrogen) atoms. The quantitative estimate of drug-likeness (QED) is 0.907. The molecule has 5 heteroatoms. The number of hydrogen-bond donors (Lipinski definition) is 1. The van der Waals surface area contributed by atoms with Crippen LogP contribution < -0.4 is 5.32 Å². The second-order valence-electron chi connectivity index (χ2n) is 6.27. The molecule has 1 N–H and O–H groups in total. The molecule has 3 rings (SSSR count). The molecule has 2 aliphatic heterocycles. The lowest BCUT2D eigenvalue weighted by Crippen LogP contribution is -2.40. The number of urea groups is 1. The third kappa shape index (κ3) is 3.35. The summed E-state index contributed by atoms with van der Waals surface area (Å²) in [5, 5.41) is 2.98. The number of aryl methyl sites for hydroxylation is 1. The first kappa shape index (κ1) is 14.3. The van der Waals surface area contributed by atoms with E-state index in [1.165, 1.54) is 0 Å². The molecule has 0 unspecified atom stereocenters. The highest BCUT2D eigenvalue weighted by atomic mass is 16.5. The van der Waals surface area contributed by atoms with Gasteiger partial charge in [-0.2, -0.15) is 0 Å². The summed E-state index contributed by atoms with van der Waals surface area (Å²) < 4.78 is 5.44. The van der Waals surface area contributed by atoms with E-state index in [9.17, 15) is 4.79 Å². The van der Waals surface area contributed by atoms with E-state index in [0.29, 0.717) is 12.0 Å². The minimum Gasteiger partial charge on any atom is -0.381 e. The minimum atomic E-state index is 0.0293. The molecule has 2 aliphatic rings. The van der Waals surface area contributed by atoms with Crippen LogP contribution in [0.1, 0.15) is 30.5 Å². The molecule has 0 aromatic carbocycles. The number of pyridine rings is 1. The van der Waals surface area contributed by atoms with Gasteiger partial charge in [0.1, 0.15) is 0 Å². The fourth-order valence-corrected chi connectivity index (χ4v) is 3.29. The van der Waals surface area contributed by atoms with Crippen molar-refractivity contribution in [2.75, 3.05) is 26.3 Å². The Kier molecular flexibility index (Phi) is 4.10. The van der Waals surface area contributed by atoms with Gasteiger partial charge >= 0.3 is 6.03 Å². The molecule has 2 saturated heterocycles. The molecular formula is C16H23N3O2. The lowest BCUT2D eigenvalue weighted by molar-refractivity contribution is 0.0208. The third-order valence-corrected chi connectivity index (χ3v) is 4.67. The molecule has 0 atom stereocenters. The normalized spacial score (nSPS) is 20.7. The molecular weight excluding hydrogens is 266 g/mol. The molecule has 0 aliphatic carbocycles. The standard InChI is InChI=1S/C16H23N3O2/c1-13-2-6-17-14(10-13)11-18-15(20)19-7-3-16(12-19)4-8-21-9-5-16/h2,6,10H,3-5,7-9,11-12H2,1H3,(H,18,20). The van der Waals surface area contributed by atoms with Gasteiger partial charge in [-0.3, -0.25) is 4.98 Å². The Balaban J connectivity index is 1.52. The average molecular weight is 289 g/mol. The van der Waals surface area contributed by atoms with E-state index in [4.69, 9.17) is 4.74 Å². The van der Waals surface area contributed by atoms with Crippen molar-refractivity contribution < 1.29 is 9.53 Å². The Morgan fingerprint density at radius 1 is 1.43 bits per heavy atom. The molecule has 1 aromatic rings. The van der Waals surface area contributed by atoms with Crippen molar-refractivity contribution in [2.45, 2.75) is 32.7 Å². The maximum Gasteiger partial charge on any atom is 0.317 e. The number of rotatable bonds is 2. The maximum absolute atomic E-state index is 12.3. The number of carbonyl (C=O) groups is 1. The van der Waals surface area contributed by atoms with Crippen molar-refractivity contribution >= 4 is 6.03 Å². The minimum absolute atomic E-state index is 0.0293. The molecule has 0 bridgehead atoms. The second kappa shape index (κ2) is 6.02. The summed E-state index contributed by atoms with van der Waals surface area (Å²) in [7, 11) is 0. The van der Waals surface area contributed by atoms with Gasteiger partial charge < -0.3 is 15.0 Å². The van der Waals surface area contributed by atoms with Gasteiger partial charge in [0.15, 0.2) is 0 Å². The van der Waals surface area contributed by atoms with Gasteiger partial charge in [0.05, 0.1) is 12.2 Å². The molecule has 0 saturated carbocycles. The van der Waals surface area contributed by atoms with Crippen molar-refractivity contribution in [2.24, 2.45) is 5.41 Å². The SMILES string of the molecule is Cc1ccnc(CNC(=O)N2CCC3(CCOCC3)C2)c1. The maximum atomic E-state index is 12.3. The summed E-state index contributed by atoms with van der Waals surface area (Å²) >= 11 is 0. The zero-order valence-electron chi connectivity index (χ0n) is 12.6. The van der Waals surface area contributed by atoms with E-state index in [1.54, 1.807) is 6.20 Å². The van der Waals surface area contributed by atoms with Crippen LogP contribution in [0.15, 0.2) is 18.3 Å². The first-order valence-corrected chi connectivity index (χ1v) is 7.69. The molecule has 3 heterocycles. The summed E-state index contributed by atoms with van der Waals surface area (Å²) in [4.78, 5) is 18.5. The number of amides is 2. The first-order chi connectivity index (χ1) is 10.2. The fraction of sp³-hybridized carbons (Fsp3) is 0.625. The largest absolute Gasteiger partial charge is 0.381 e. The average Bonchev–Trinajstić information content (AvgIpc) is 2.89. The number of hydrogen-bond acceptors (Lipinski definition) is 3. The topological polar surface area (TPSA) is 54.5 Å². The molecule has 5 nitrogen and oxygen atoms in total. The van der Waals surface area contributed by atoms with Gasteiger partial charge in [0.2, 0.25) is 0 Å². The van der Waals surface area contributed by atoms with Gasteiger partial charge in [0, 0.05) is 32.5 Å². The van der Waals surface area contributed by atoms with Crippen LogP contribution in [0.25, 0.3) is 0 Å². The van der Waals surface area contributed by atoms with Gasteiger partial charge in [-0.1, -0.05) is 0 Å². The Hall–Kier alpha value is -1.62. The molecule has 114 valence electrons. The van der Waals surface area contributed by atoms with Crippen LogP contribution in [-0.2, 0) is 11.3 Å². The number of aromatic nitrogens is 1. The van der Waals surface area contributed by atoms with Crippen LogP contribution in [0.4, 0.5) is 4.79 Å². The van der Waals surface area contributed by atoms with Gasteiger partial charge in [-0.15, -0.1) is 0 Å². The summed E-state index contributed by atoms with van der Waals surface area (Å²) in [6, 6.07) is 3.99. The van der Waals surface area contributed by atoms with Crippen molar-refractivity contribution in [3.8, 4) is 0 Å². The number of nitrogens with one attached hydrogen (secondary N) is 1. The summed E-state index contributed by atoms with van der Waals surface area (Å²) in [6.07, 6.45) is 5.04. The van der Waals surface area contributed by atoms with Gasteiger partial charge in [-0.25, -0.2) is 4.79 Å². The van der Waals surface area contributed by atoms with Crippen molar-refractivity contribution in [3.05, 3.63) is 29.6 Å². The molecule has 0 radical (unpaired) electrons. The van der Waals surface area contributed by atoms with E-state index in [1.807, 2.05) is 24.0 Å². The predicted octanol–water partition coefficient (Wildman–Crippen LogP) is 2.10. The highest BCUT2D eigenvalue weighted by Crippen LogP contribution is 2.39. The van der Waals surface area contributed by atoms with E-state index >= 15 is 0 Å². The van der Waals surface area contributed by atoms with Crippen LogP contribution >= 0.6 is 0 Å². The Bertz CT molecular complexity index is 512. The van der Waals surface area contributed by atoms with Gasteiger partial charge in [-0.05, 0) is 49.3 Å². The molecule has 1 aromatic heterocycles. The number of nitrogens with zero attached hydrogens (tertiary/aromatic N) is 2. The lowest BCUT2D eigenvalue weighted by atomic mass is 9.80. The van der Waals surface area contributed by atoms with E-state index in [2.05, 4.69) is 10.3 Å². The summed E-state index contributed by atoms with van der Waals surface area (Å²) in [5.74, 6) is 0. The fourth-order valence-electron chi connectivity index (χ4n) is 3.29. The summed E-state index contributed by atoms with van der Waals surface area (Å²) in [6.45, 7) is 5.91. The number of likely N-dealkylation sites (tertiary alicyclic amines) is 1. The predicted molar refractivity (Wildman–Crippen MR) is 79.9 cm³/mol. The van der Waals surface area contributed by atoms with Crippen LogP contribution in [0.3, 0.4) is 0 Å². The number of ether oxygens (including phenoxy) is 1. The zero-order valence-corrected chi connectivity index (χ0v) is 12.6. The van der Waals surface area contributed by atoms with Crippen molar-refractivity contribution in [1.82, 2.24) is 15.2 Å².